The lowest BCUT2D eigenvalue weighted by atomic mass is 10.1. The van der Waals surface area contributed by atoms with E-state index in [1.165, 1.54) is 12.1 Å². The Hall–Kier alpha value is -2.15. The Labute approximate surface area is 138 Å². The van der Waals surface area contributed by atoms with E-state index in [1.807, 2.05) is 13.8 Å². The smallest absolute Gasteiger partial charge is 0.355 e. The molecule has 0 amide bonds. The third-order valence-corrected chi connectivity index (χ3v) is 4.36. The second-order valence-electron chi connectivity index (χ2n) is 6.15. The molecular formula is C17H19F3N4. The maximum atomic E-state index is 12.7. The summed E-state index contributed by atoms with van der Waals surface area (Å²) in [5.41, 5.74) is 7.64. The van der Waals surface area contributed by atoms with Crippen LogP contribution in [0.4, 0.5) is 19.0 Å². The molecule has 1 aliphatic rings. The number of alkyl halides is 3. The van der Waals surface area contributed by atoms with Crippen LogP contribution >= 0.6 is 0 Å². The van der Waals surface area contributed by atoms with Crippen molar-refractivity contribution in [3.05, 3.63) is 41.1 Å². The number of nitrogens with two attached hydrogens (primary N) is 1. The van der Waals surface area contributed by atoms with Gasteiger partial charge in [0.25, 0.3) is 0 Å². The molecule has 2 heterocycles. The molecule has 7 heteroatoms. The van der Waals surface area contributed by atoms with Crippen LogP contribution in [0.2, 0.25) is 0 Å². The molecule has 24 heavy (non-hydrogen) atoms. The lowest BCUT2D eigenvalue weighted by Gasteiger charge is -2.21. The van der Waals surface area contributed by atoms with Crippen LogP contribution in [-0.4, -0.2) is 29.1 Å². The van der Waals surface area contributed by atoms with Crippen LogP contribution in [0.5, 0.6) is 0 Å². The first-order chi connectivity index (χ1) is 11.3. The van der Waals surface area contributed by atoms with E-state index in [1.54, 1.807) is 0 Å². The molecule has 1 aliphatic heterocycles. The van der Waals surface area contributed by atoms with E-state index in [0.29, 0.717) is 11.4 Å². The van der Waals surface area contributed by atoms with Gasteiger partial charge in [0.15, 0.2) is 5.82 Å². The van der Waals surface area contributed by atoms with Gasteiger partial charge in [-0.2, -0.15) is 13.2 Å². The molecule has 1 aromatic heterocycles. The molecule has 0 saturated carbocycles. The zero-order valence-electron chi connectivity index (χ0n) is 13.6. The lowest BCUT2D eigenvalue weighted by molar-refractivity contribution is -0.137. The lowest BCUT2D eigenvalue weighted by Crippen LogP contribution is -2.27. The number of hydrogen-bond donors (Lipinski definition) is 1. The Kier molecular flexibility index (Phi) is 4.21. The highest BCUT2D eigenvalue weighted by atomic mass is 19.4. The summed E-state index contributed by atoms with van der Waals surface area (Å²) in [6.45, 7) is 5.38. The van der Waals surface area contributed by atoms with Crippen molar-refractivity contribution >= 4 is 5.82 Å². The van der Waals surface area contributed by atoms with Crippen molar-refractivity contribution in [2.24, 2.45) is 5.73 Å². The molecule has 0 spiro atoms. The molecule has 3 rings (SSSR count). The van der Waals surface area contributed by atoms with Crippen LogP contribution < -0.4 is 10.6 Å². The summed E-state index contributed by atoms with van der Waals surface area (Å²) in [6, 6.07) is 5.05. The van der Waals surface area contributed by atoms with Gasteiger partial charge in [-0.1, -0.05) is 12.1 Å². The minimum absolute atomic E-state index is 0.120. The van der Waals surface area contributed by atoms with E-state index >= 15 is 0 Å². The Bertz CT molecular complexity index is 741. The number of halogens is 3. The van der Waals surface area contributed by atoms with Crippen molar-refractivity contribution in [1.82, 2.24) is 9.97 Å². The molecule has 2 N–H and O–H groups in total. The Morgan fingerprint density at radius 3 is 2.33 bits per heavy atom. The summed E-state index contributed by atoms with van der Waals surface area (Å²) in [5, 5.41) is 0. The number of rotatable bonds is 2. The summed E-state index contributed by atoms with van der Waals surface area (Å²) in [7, 11) is 0. The number of aromatic nitrogens is 2. The Morgan fingerprint density at radius 2 is 1.79 bits per heavy atom. The zero-order valence-corrected chi connectivity index (χ0v) is 13.6. The summed E-state index contributed by atoms with van der Waals surface area (Å²) >= 11 is 0. The summed E-state index contributed by atoms with van der Waals surface area (Å²) < 4.78 is 38.1. The van der Waals surface area contributed by atoms with Crippen molar-refractivity contribution in [2.75, 3.05) is 18.0 Å². The van der Waals surface area contributed by atoms with Crippen LogP contribution in [-0.2, 0) is 6.18 Å². The Morgan fingerprint density at radius 1 is 1.12 bits per heavy atom. The first-order valence-electron chi connectivity index (χ1n) is 7.79. The summed E-state index contributed by atoms with van der Waals surface area (Å²) in [4.78, 5) is 11.1. The minimum atomic E-state index is -4.35. The molecule has 128 valence electrons. The normalized spacial score (nSPS) is 18.2. The third kappa shape index (κ3) is 3.21. The van der Waals surface area contributed by atoms with Crippen LogP contribution in [0.1, 0.15) is 23.2 Å². The second-order valence-corrected chi connectivity index (χ2v) is 6.15. The van der Waals surface area contributed by atoms with E-state index in [9.17, 15) is 13.2 Å². The maximum absolute atomic E-state index is 12.7. The average Bonchev–Trinajstić information content (AvgIpc) is 2.95. The fraction of sp³-hybridized carbons (Fsp3) is 0.412. The molecular weight excluding hydrogens is 317 g/mol. The van der Waals surface area contributed by atoms with Crippen molar-refractivity contribution in [3.8, 4) is 11.4 Å². The molecule has 2 aromatic rings. The SMILES string of the molecule is Cc1nc(-c2ccc(C(F)(F)F)cc2)nc(N2CCC(N)C2)c1C. The first kappa shape index (κ1) is 16.7. The van der Waals surface area contributed by atoms with Gasteiger partial charge in [-0.05, 0) is 32.4 Å². The fourth-order valence-electron chi connectivity index (χ4n) is 2.84. The van der Waals surface area contributed by atoms with Crippen molar-refractivity contribution in [2.45, 2.75) is 32.5 Å². The predicted molar refractivity (Wildman–Crippen MR) is 86.7 cm³/mol. The van der Waals surface area contributed by atoms with Crippen molar-refractivity contribution in [1.29, 1.82) is 0 Å². The number of nitrogens with zero attached hydrogens (tertiary/aromatic N) is 3. The maximum Gasteiger partial charge on any atom is 0.416 e. The van der Waals surface area contributed by atoms with Gasteiger partial charge >= 0.3 is 6.18 Å². The predicted octanol–water partition coefficient (Wildman–Crippen LogP) is 3.32. The van der Waals surface area contributed by atoms with Crippen LogP contribution in [0.15, 0.2) is 24.3 Å². The number of aryl methyl sites for hydroxylation is 1. The molecule has 0 aliphatic carbocycles. The first-order valence-corrected chi connectivity index (χ1v) is 7.79. The van der Waals surface area contributed by atoms with Gasteiger partial charge in [-0.15, -0.1) is 0 Å². The van der Waals surface area contributed by atoms with Gasteiger partial charge in [-0.25, -0.2) is 9.97 Å². The molecule has 1 atom stereocenters. The largest absolute Gasteiger partial charge is 0.416 e. The fourth-order valence-corrected chi connectivity index (χ4v) is 2.84. The quantitative estimate of drug-likeness (QED) is 0.914. The molecule has 4 nitrogen and oxygen atoms in total. The number of anilines is 1. The average molecular weight is 336 g/mol. The molecule has 1 fully saturated rings. The van der Waals surface area contributed by atoms with E-state index in [0.717, 1.165) is 48.7 Å². The third-order valence-electron chi connectivity index (χ3n) is 4.36. The standard InChI is InChI=1S/C17H19F3N4/c1-10-11(2)22-15(23-16(10)24-8-7-14(21)9-24)12-3-5-13(6-4-12)17(18,19)20/h3-6,14H,7-9,21H2,1-2H3. The second kappa shape index (κ2) is 6.05. The van der Waals surface area contributed by atoms with Gasteiger partial charge in [-0.3, -0.25) is 0 Å². The monoisotopic (exact) mass is 336 g/mol. The molecule has 1 unspecified atom stereocenters. The van der Waals surface area contributed by atoms with Crippen molar-refractivity contribution in [3.63, 3.8) is 0 Å². The van der Waals surface area contributed by atoms with E-state index in [2.05, 4.69) is 14.9 Å². The minimum Gasteiger partial charge on any atom is -0.355 e. The van der Waals surface area contributed by atoms with E-state index in [-0.39, 0.29) is 6.04 Å². The topological polar surface area (TPSA) is 55.0 Å². The van der Waals surface area contributed by atoms with E-state index < -0.39 is 11.7 Å². The van der Waals surface area contributed by atoms with Crippen molar-refractivity contribution < 1.29 is 13.2 Å². The molecule has 1 aromatic carbocycles. The summed E-state index contributed by atoms with van der Waals surface area (Å²) in [5.74, 6) is 1.24. The number of benzene rings is 1. The van der Waals surface area contributed by atoms with Gasteiger partial charge in [0.05, 0.1) is 5.56 Å². The Balaban J connectivity index is 1.98. The highest BCUT2D eigenvalue weighted by Gasteiger charge is 2.30. The van der Waals surface area contributed by atoms with Gasteiger partial charge in [0.2, 0.25) is 0 Å². The molecule has 0 radical (unpaired) electrons. The van der Waals surface area contributed by atoms with E-state index in [4.69, 9.17) is 5.73 Å². The van der Waals surface area contributed by atoms with Crippen LogP contribution in [0.3, 0.4) is 0 Å². The van der Waals surface area contributed by atoms with Crippen LogP contribution in [0, 0.1) is 13.8 Å². The molecule has 1 saturated heterocycles. The van der Waals surface area contributed by atoms with Crippen LogP contribution in [0.25, 0.3) is 11.4 Å². The highest BCUT2D eigenvalue weighted by molar-refractivity contribution is 5.61. The van der Waals surface area contributed by atoms with Gasteiger partial charge in [0.1, 0.15) is 5.82 Å². The van der Waals surface area contributed by atoms with Gasteiger partial charge < -0.3 is 10.6 Å². The number of hydrogen-bond acceptors (Lipinski definition) is 4. The molecule has 0 bridgehead atoms. The zero-order chi connectivity index (χ0) is 17.5. The highest BCUT2D eigenvalue weighted by Crippen LogP contribution is 2.31. The summed E-state index contributed by atoms with van der Waals surface area (Å²) in [6.07, 6.45) is -3.45. The van der Waals surface area contributed by atoms with Gasteiger partial charge in [0, 0.05) is 36.0 Å².